The first-order valence-electron chi connectivity index (χ1n) is 5.83. The summed E-state index contributed by atoms with van der Waals surface area (Å²) >= 11 is 3.37. The van der Waals surface area contributed by atoms with Crippen LogP contribution in [0, 0.1) is 0 Å². The lowest BCUT2D eigenvalue weighted by atomic mass is 10.2. The third kappa shape index (κ3) is 2.30. The fraction of sp³-hybridized carbons (Fsp3) is 0.455. The van der Waals surface area contributed by atoms with Crippen LogP contribution in [0.15, 0.2) is 17.0 Å². The summed E-state index contributed by atoms with van der Waals surface area (Å²) in [5.41, 5.74) is 7.36. The topological polar surface area (TPSA) is 59.4 Å². The number of likely N-dealkylation sites (tertiary alicyclic amines) is 1. The highest BCUT2D eigenvalue weighted by Gasteiger charge is 2.38. The predicted octanol–water partition coefficient (Wildman–Crippen LogP) is 1.92. The number of nitrogens with zero attached hydrogens (tertiary/aromatic N) is 4. The van der Waals surface area contributed by atoms with Gasteiger partial charge in [0.05, 0.1) is 6.54 Å². The maximum atomic E-state index is 13.2. The van der Waals surface area contributed by atoms with Gasteiger partial charge in [-0.2, -0.15) is 5.10 Å². The van der Waals surface area contributed by atoms with Gasteiger partial charge >= 0.3 is 0 Å². The van der Waals surface area contributed by atoms with E-state index >= 15 is 0 Å². The number of hydrogen-bond donors (Lipinski definition) is 1. The van der Waals surface area contributed by atoms with Gasteiger partial charge in [0.15, 0.2) is 5.82 Å². The van der Waals surface area contributed by atoms with Crippen molar-refractivity contribution in [3.8, 4) is 0 Å². The predicted molar refractivity (Wildman–Crippen MR) is 69.9 cm³/mol. The van der Waals surface area contributed by atoms with Crippen LogP contribution in [0.4, 0.5) is 14.6 Å². The zero-order valence-electron chi connectivity index (χ0n) is 9.98. The van der Waals surface area contributed by atoms with Crippen LogP contribution in [-0.2, 0) is 6.54 Å². The quantitative estimate of drug-likeness (QED) is 0.913. The molecule has 8 heteroatoms. The third-order valence-electron chi connectivity index (χ3n) is 3.26. The second-order valence-electron chi connectivity index (χ2n) is 4.71. The Bertz CT molecular complexity index is 627. The van der Waals surface area contributed by atoms with Gasteiger partial charge in [-0.1, -0.05) is 0 Å². The highest BCUT2D eigenvalue weighted by molar-refractivity contribution is 9.10. The molecule has 0 bridgehead atoms. The number of halogens is 3. The molecule has 5 nitrogen and oxygen atoms in total. The molecule has 1 saturated heterocycles. The molecule has 2 aromatic heterocycles. The van der Waals surface area contributed by atoms with Gasteiger partial charge in [0, 0.05) is 19.5 Å². The van der Waals surface area contributed by atoms with Crippen molar-refractivity contribution in [3.05, 3.63) is 22.6 Å². The number of rotatable bonds is 2. The molecular formula is C11H12BrF2N5. The van der Waals surface area contributed by atoms with Crippen LogP contribution in [0.2, 0.25) is 0 Å². The molecule has 0 radical (unpaired) electrons. The molecule has 0 aromatic carbocycles. The first kappa shape index (κ1) is 12.7. The van der Waals surface area contributed by atoms with Gasteiger partial charge in [-0.15, -0.1) is 0 Å². The van der Waals surface area contributed by atoms with E-state index in [4.69, 9.17) is 5.73 Å². The minimum absolute atomic E-state index is 0.0913. The average Bonchev–Trinajstić information content (AvgIpc) is 2.82. The molecular weight excluding hydrogens is 320 g/mol. The second-order valence-corrected chi connectivity index (χ2v) is 5.53. The molecule has 3 rings (SSSR count). The van der Waals surface area contributed by atoms with Gasteiger partial charge in [-0.05, 0) is 27.6 Å². The number of alkyl halides is 2. The van der Waals surface area contributed by atoms with E-state index in [2.05, 4.69) is 26.0 Å². The fourth-order valence-corrected chi connectivity index (χ4v) is 2.95. The second kappa shape index (κ2) is 4.38. The summed E-state index contributed by atoms with van der Waals surface area (Å²) in [5, 5.41) is 4.08. The molecule has 1 aliphatic heterocycles. The van der Waals surface area contributed by atoms with Gasteiger partial charge in [0.2, 0.25) is 0 Å². The molecule has 3 heterocycles. The van der Waals surface area contributed by atoms with Gasteiger partial charge in [-0.3, -0.25) is 4.90 Å². The highest BCUT2D eigenvalue weighted by Crippen LogP contribution is 2.30. The van der Waals surface area contributed by atoms with Crippen LogP contribution in [0.25, 0.3) is 5.52 Å². The van der Waals surface area contributed by atoms with Crippen LogP contribution in [-0.4, -0.2) is 38.5 Å². The van der Waals surface area contributed by atoms with E-state index in [0.717, 1.165) is 10.2 Å². The number of anilines is 1. The minimum Gasteiger partial charge on any atom is -0.382 e. The van der Waals surface area contributed by atoms with Crippen LogP contribution < -0.4 is 5.73 Å². The molecule has 2 N–H and O–H groups in total. The van der Waals surface area contributed by atoms with E-state index in [1.807, 2.05) is 6.07 Å². The number of hydrogen-bond acceptors (Lipinski definition) is 4. The maximum absolute atomic E-state index is 13.2. The van der Waals surface area contributed by atoms with Gasteiger partial charge in [0.25, 0.3) is 5.92 Å². The molecule has 19 heavy (non-hydrogen) atoms. The average molecular weight is 332 g/mol. The monoisotopic (exact) mass is 331 g/mol. The molecule has 0 aliphatic carbocycles. The smallest absolute Gasteiger partial charge is 0.261 e. The Morgan fingerprint density at radius 3 is 2.95 bits per heavy atom. The maximum Gasteiger partial charge on any atom is 0.261 e. The lowest BCUT2D eigenvalue weighted by Gasteiger charge is -2.14. The summed E-state index contributed by atoms with van der Waals surface area (Å²) < 4.78 is 28.7. The Morgan fingerprint density at radius 1 is 1.47 bits per heavy atom. The summed E-state index contributed by atoms with van der Waals surface area (Å²) in [6, 6.07) is 1.84. The Morgan fingerprint density at radius 2 is 2.26 bits per heavy atom. The molecule has 1 fully saturated rings. The van der Waals surface area contributed by atoms with Crippen molar-refractivity contribution >= 4 is 27.3 Å². The van der Waals surface area contributed by atoms with Crippen molar-refractivity contribution in [3.63, 3.8) is 0 Å². The summed E-state index contributed by atoms with van der Waals surface area (Å²) in [7, 11) is 0. The van der Waals surface area contributed by atoms with Crippen LogP contribution in [0.3, 0.4) is 0 Å². The Labute approximate surface area is 116 Å². The Balaban J connectivity index is 1.94. The summed E-state index contributed by atoms with van der Waals surface area (Å²) in [6.45, 7) is 0.591. The lowest BCUT2D eigenvalue weighted by Crippen LogP contribution is -2.24. The molecule has 0 atom stereocenters. The molecule has 0 saturated carbocycles. The van der Waals surface area contributed by atoms with Crippen molar-refractivity contribution in [2.75, 3.05) is 18.8 Å². The van der Waals surface area contributed by atoms with Crippen molar-refractivity contribution < 1.29 is 8.78 Å². The standard InChI is InChI=1S/C11H12BrF2N5/c12-8-3-7(4-18-2-1-11(13,14)5-18)9-10(15)16-6-17-19(8)9/h3,6H,1-2,4-5H2,(H2,15,16,17). The van der Waals surface area contributed by atoms with Crippen LogP contribution in [0.1, 0.15) is 12.0 Å². The fourth-order valence-electron chi connectivity index (χ4n) is 2.41. The summed E-state index contributed by atoms with van der Waals surface area (Å²) in [4.78, 5) is 5.66. The minimum atomic E-state index is -2.59. The zero-order valence-corrected chi connectivity index (χ0v) is 11.6. The summed E-state index contributed by atoms with van der Waals surface area (Å²) in [5.74, 6) is -2.24. The molecule has 102 valence electrons. The molecule has 2 aromatic rings. The molecule has 0 unspecified atom stereocenters. The van der Waals surface area contributed by atoms with Crippen molar-refractivity contribution in [1.82, 2.24) is 19.5 Å². The van der Waals surface area contributed by atoms with Crippen LogP contribution >= 0.6 is 15.9 Å². The van der Waals surface area contributed by atoms with E-state index in [9.17, 15) is 8.78 Å². The number of nitrogen functional groups attached to an aromatic ring is 1. The van der Waals surface area contributed by atoms with Crippen molar-refractivity contribution in [2.45, 2.75) is 18.9 Å². The highest BCUT2D eigenvalue weighted by atomic mass is 79.9. The lowest BCUT2D eigenvalue weighted by molar-refractivity contribution is 0.0115. The Hall–Kier alpha value is -1.28. The molecule has 1 aliphatic rings. The SMILES string of the molecule is Nc1ncnn2c(Br)cc(CN3CCC(F)(F)C3)c12. The zero-order chi connectivity index (χ0) is 13.6. The van der Waals surface area contributed by atoms with Gasteiger partial charge in [0.1, 0.15) is 16.4 Å². The van der Waals surface area contributed by atoms with Gasteiger partial charge in [-0.25, -0.2) is 18.3 Å². The first-order chi connectivity index (χ1) is 8.96. The number of fused-ring (bicyclic) bond motifs is 1. The van der Waals surface area contributed by atoms with E-state index in [1.54, 1.807) is 9.42 Å². The van der Waals surface area contributed by atoms with Crippen molar-refractivity contribution in [2.24, 2.45) is 0 Å². The molecule has 0 amide bonds. The number of nitrogens with two attached hydrogens (primary N) is 1. The summed E-state index contributed by atoms with van der Waals surface area (Å²) in [6.07, 6.45) is 1.27. The third-order valence-corrected chi connectivity index (χ3v) is 3.83. The van der Waals surface area contributed by atoms with Gasteiger partial charge < -0.3 is 5.73 Å². The van der Waals surface area contributed by atoms with E-state index in [-0.39, 0.29) is 13.0 Å². The van der Waals surface area contributed by atoms with E-state index < -0.39 is 5.92 Å². The molecule has 0 spiro atoms. The van der Waals surface area contributed by atoms with E-state index in [0.29, 0.717) is 24.4 Å². The number of aromatic nitrogens is 3. The first-order valence-corrected chi connectivity index (χ1v) is 6.62. The van der Waals surface area contributed by atoms with Crippen LogP contribution in [0.5, 0.6) is 0 Å². The Kier molecular flexibility index (Phi) is 2.94. The largest absolute Gasteiger partial charge is 0.382 e. The van der Waals surface area contributed by atoms with Crippen molar-refractivity contribution in [1.29, 1.82) is 0 Å². The normalized spacial score (nSPS) is 19.3. The van der Waals surface area contributed by atoms with E-state index in [1.165, 1.54) is 6.33 Å².